The maximum absolute atomic E-state index is 13.8. The van der Waals surface area contributed by atoms with Gasteiger partial charge in [0.05, 0.1) is 11.6 Å². The van der Waals surface area contributed by atoms with E-state index in [9.17, 15) is 4.39 Å². The second-order valence-corrected chi connectivity index (χ2v) is 3.90. The molecule has 5 heteroatoms. The predicted octanol–water partition coefficient (Wildman–Crippen LogP) is 2.59. The number of nitrogens with zero attached hydrogens (tertiary/aromatic N) is 2. The number of hydrogen-bond acceptors (Lipinski definition) is 4. The lowest BCUT2D eigenvalue weighted by atomic mass is 10.1. The van der Waals surface area contributed by atoms with Crippen molar-refractivity contribution in [2.24, 2.45) is 5.73 Å². The molecule has 0 saturated carbocycles. The van der Waals surface area contributed by atoms with Gasteiger partial charge in [-0.25, -0.2) is 4.39 Å². The lowest BCUT2D eigenvalue weighted by Crippen LogP contribution is -2.08. The van der Waals surface area contributed by atoms with Crippen molar-refractivity contribution >= 4 is 0 Å². The van der Waals surface area contributed by atoms with E-state index in [-0.39, 0.29) is 17.7 Å². The van der Waals surface area contributed by atoms with Gasteiger partial charge in [-0.2, -0.15) is 0 Å². The molecule has 1 unspecified atom stereocenters. The average Bonchev–Trinajstić information content (AvgIpc) is 2.81. The van der Waals surface area contributed by atoms with E-state index in [2.05, 4.69) is 10.2 Å². The third-order valence-corrected chi connectivity index (χ3v) is 2.62. The van der Waals surface area contributed by atoms with E-state index < -0.39 is 0 Å². The zero-order valence-corrected chi connectivity index (χ0v) is 9.77. The van der Waals surface area contributed by atoms with Crippen molar-refractivity contribution < 1.29 is 8.81 Å². The molecular weight excluding hydrogens is 221 g/mol. The van der Waals surface area contributed by atoms with Gasteiger partial charge in [0, 0.05) is 0 Å². The summed E-state index contributed by atoms with van der Waals surface area (Å²) in [5.74, 6) is 0.168. The summed E-state index contributed by atoms with van der Waals surface area (Å²) in [6, 6.07) is 4.74. The van der Waals surface area contributed by atoms with E-state index in [1.807, 2.05) is 6.92 Å². The minimum atomic E-state index is -0.340. The number of nitrogens with two attached hydrogens (primary N) is 1. The van der Waals surface area contributed by atoms with Crippen LogP contribution in [0.5, 0.6) is 0 Å². The van der Waals surface area contributed by atoms with Gasteiger partial charge in [-0.1, -0.05) is 19.1 Å². The van der Waals surface area contributed by atoms with Gasteiger partial charge in [0.1, 0.15) is 5.82 Å². The van der Waals surface area contributed by atoms with E-state index in [1.165, 1.54) is 0 Å². The zero-order valence-electron chi connectivity index (χ0n) is 9.77. The minimum absolute atomic E-state index is 0.171. The molecule has 0 bridgehead atoms. The molecule has 0 saturated heterocycles. The molecule has 0 aliphatic rings. The number of aryl methyl sites for hydroxylation is 1. The molecular formula is C12H14FN3O. The Morgan fingerprint density at radius 2 is 2.18 bits per heavy atom. The van der Waals surface area contributed by atoms with Gasteiger partial charge < -0.3 is 10.2 Å². The van der Waals surface area contributed by atoms with E-state index in [0.29, 0.717) is 23.4 Å². The lowest BCUT2D eigenvalue weighted by molar-refractivity contribution is 0.450. The largest absolute Gasteiger partial charge is 0.419 e. The monoisotopic (exact) mass is 235 g/mol. The molecule has 0 aliphatic carbocycles. The highest BCUT2D eigenvalue weighted by Gasteiger charge is 2.16. The van der Waals surface area contributed by atoms with Crippen LogP contribution in [0.25, 0.3) is 11.5 Å². The number of benzene rings is 1. The number of rotatable bonds is 3. The maximum atomic E-state index is 13.8. The molecule has 4 nitrogen and oxygen atoms in total. The van der Waals surface area contributed by atoms with Crippen molar-refractivity contribution in [2.45, 2.75) is 26.3 Å². The lowest BCUT2D eigenvalue weighted by Gasteiger charge is -2.02. The van der Waals surface area contributed by atoms with Gasteiger partial charge >= 0.3 is 0 Å². The highest BCUT2D eigenvalue weighted by Crippen LogP contribution is 2.25. The third kappa shape index (κ3) is 2.19. The molecule has 0 fully saturated rings. The van der Waals surface area contributed by atoms with Crippen molar-refractivity contribution in [3.05, 3.63) is 35.5 Å². The molecule has 1 aromatic carbocycles. The average molecular weight is 235 g/mol. The summed E-state index contributed by atoms with van der Waals surface area (Å²) in [5.41, 5.74) is 6.62. The molecule has 2 N–H and O–H groups in total. The molecule has 90 valence electrons. The van der Waals surface area contributed by atoms with E-state index in [1.54, 1.807) is 25.1 Å². The molecule has 17 heavy (non-hydrogen) atoms. The summed E-state index contributed by atoms with van der Waals surface area (Å²) in [7, 11) is 0. The van der Waals surface area contributed by atoms with Gasteiger partial charge in [-0.05, 0) is 25.0 Å². The van der Waals surface area contributed by atoms with Gasteiger partial charge in [-0.3, -0.25) is 0 Å². The van der Waals surface area contributed by atoms with Crippen LogP contribution in [0.15, 0.2) is 22.6 Å². The molecule has 1 aromatic heterocycles. The Morgan fingerprint density at radius 1 is 1.41 bits per heavy atom. The first-order valence-corrected chi connectivity index (χ1v) is 5.48. The first-order valence-electron chi connectivity index (χ1n) is 5.48. The van der Waals surface area contributed by atoms with E-state index in [4.69, 9.17) is 10.2 Å². The molecule has 1 atom stereocenters. The van der Waals surface area contributed by atoms with Crippen molar-refractivity contribution in [3.63, 3.8) is 0 Å². The van der Waals surface area contributed by atoms with Crippen LogP contribution < -0.4 is 5.73 Å². The quantitative estimate of drug-likeness (QED) is 0.888. The summed E-state index contributed by atoms with van der Waals surface area (Å²) in [4.78, 5) is 0. The molecule has 2 aromatic rings. The molecule has 0 spiro atoms. The highest BCUT2D eigenvalue weighted by molar-refractivity contribution is 5.55. The third-order valence-electron chi connectivity index (χ3n) is 2.62. The minimum Gasteiger partial charge on any atom is -0.419 e. The topological polar surface area (TPSA) is 64.9 Å². The Labute approximate surface area is 98.7 Å². The normalized spacial score (nSPS) is 12.7. The van der Waals surface area contributed by atoms with Crippen molar-refractivity contribution in [2.75, 3.05) is 0 Å². The molecule has 0 amide bonds. The molecule has 1 heterocycles. The van der Waals surface area contributed by atoms with Crippen LogP contribution in [0.1, 0.15) is 30.8 Å². The second kappa shape index (κ2) is 4.63. The molecule has 0 radical (unpaired) electrons. The Kier molecular flexibility index (Phi) is 3.19. The van der Waals surface area contributed by atoms with Gasteiger partial charge in [0.25, 0.3) is 5.89 Å². The first kappa shape index (κ1) is 11.7. The van der Waals surface area contributed by atoms with Crippen LogP contribution >= 0.6 is 0 Å². The second-order valence-electron chi connectivity index (χ2n) is 3.90. The van der Waals surface area contributed by atoms with E-state index >= 15 is 0 Å². The fourth-order valence-electron chi connectivity index (χ4n) is 1.48. The van der Waals surface area contributed by atoms with Crippen LogP contribution in [-0.2, 0) is 0 Å². The van der Waals surface area contributed by atoms with Crippen LogP contribution in [0.3, 0.4) is 0 Å². The molecule has 2 rings (SSSR count). The van der Waals surface area contributed by atoms with Gasteiger partial charge in [-0.15, -0.1) is 10.2 Å². The van der Waals surface area contributed by atoms with E-state index in [0.717, 1.165) is 0 Å². The summed E-state index contributed by atoms with van der Waals surface area (Å²) in [6.45, 7) is 3.61. The van der Waals surface area contributed by atoms with Crippen LogP contribution in [0, 0.1) is 12.7 Å². The highest BCUT2D eigenvalue weighted by atomic mass is 19.1. The number of halogens is 1. The van der Waals surface area contributed by atoms with Crippen molar-refractivity contribution in [1.29, 1.82) is 0 Å². The summed E-state index contributed by atoms with van der Waals surface area (Å²) >= 11 is 0. The Balaban J connectivity index is 2.40. The molecule has 0 aliphatic heterocycles. The standard InChI is InChI=1S/C12H14FN3O/c1-3-9(14)12-16-15-11(17-12)8-6-4-5-7(2)10(8)13/h4-6,9H,3,14H2,1-2H3. The maximum Gasteiger partial charge on any atom is 0.250 e. The predicted molar refractivity (Wildman–Crippen MR) is 61.6 cm³/mol. The summed E-state index contributed by atoms with van der Waals surface area (Å²) < 4.78 is 19.2. The summed E-state index contributed by atoms with van der Waals surface area (Å²) in [5, 5.41) is 7.65. The van der Waals surface area contributed by atoms with Crippen LogP contribution in [-0.4, -0.2) is 10.2 Å². The summed E-state index contributed by atoms with van der Waals surface area (Å²) in [6.07, 6.45) is 0.692. The smallest absolute Gasteiger partial charge is 0.250 e. The van der Waals surface area contributed by atoms with Crippen molar-refractivity contribution in [1.82, 2.24) is 10.2 Å². The van der Waals surface area contributed by atoms with Crippen molar-refractivity contribution in [3.8, 4) is 11.5 Å². The van der Waals surface area contributed by atoms with Crippen LogP contribution in [0.2, 0.25) is 0 Å². The number of hydrogen-bond donors (Lipinski definition) is 1. The fourth-order valence-corrected chi connectivity index (χ4v) is 1.48. The zero-order chi connectivity index (χ0) is 12.4. The SMILES string of the molecule is CCC(N)c1nnc(-c2cccc(C)c2F)o1. The Morgan fingerprint density at radius 3 is 2.88 bits per heavy atom. The van der Waals surface area contributed by atoms with Gasteiger partial charge in [0.15, 0.2) is 0 Å². The Hall–Kier alpha value is -1.75. The first-order chi connectivity index (χ1) is 8.13. The van der Waals surface area contributed by atoms with Gasteiger partial charge in [0.2, 0.25) is 5.89 Å². The fraction of sp³-hybridized carbons (Fsp3) is 0.333. The van der Waals surface area contributed by atoms with Crippen LogP contribution in [0.4, 0.5) is 4.39 Å². The Bertz CT molecular complexity index is 524. The number of aromatic nitrogens is 2.